The van der Waals surface area contributed by atoms with Gasteiger partial charge in [0.15, 0.2) is 5.13 Å². The zero-order valence-corrected chi connectivity index (χ0v) is 13.2. The van der Waals surface area contributed by atoms with Crippen molar-refractivity contribution in [1.29, 1.82) is 0 Å². The number of hydroxylamine groups is 1. The predicted octanol–water partition coefficient (Wildman–Crippen LogP) is 3.05. The first kappa shape index (κ1) is 14.7. The van der Waals surface area contributed by atoms with Crippen LogP contribution in [0.15, 0.2) is 24.3 Å². The normalized spacial score (nSPS) is 12.5. The number of hydrogen-bond donors (Lipinski definition) is 3. The fraction of sp³-hybridized carbons (Fsp3) is 0.250. The molecule has 1 heterocycles. The first-order valence-corrected chi connectivity index (χ1v) is 7.90. The number of thiazole rings is 1. The second-order valence-electron chi connectivity index (χ2n) is 5.49. The maximum Gasteiger partial charge on any atom is 0.267 e. The predicted molar refractivity (Wildman–Crippen MR) is 88.1 cm³/mol. The smallest absolute Gasteiger partial charge is 0.267 e. The monoisotopic (exact) mass is 315 g/mol. The van der Waals surface area contributed by atoms with Gasteiger partial charge in [0.1, 0.15) is 0 Å². The minimum absolute atomic E-state index is 0.371. The molecule has 3 N–H and O–H groups in total. The van der Waals surface area contributed by atoms with Crippen molar-refractivity contribution in [3.05, 3.63) is 40.3 Å². The Labute approximate surface area is 132 Å². The van der Waals surface area contributed by atoms with E-state index in [1.165, 1.54) is 16.5 Å². The summed E-state index contributed by atoms with van der Waals surface area (Å²) in [6.45, 7) is 4.20. The van der Waals surface area contributed by atoms with Crippen LogP contribution in [0.3, 0.4) is 0 Å². The summed E-state index contributed by atoms with van der Waals surface area (Å²) in [7, 11) is 0. The van der Waals surface area contributed by atoms with Crippen LogP contribution >= 0.6 is 11.3 Å². The molecule has 0 unspecified atom stereocenters. The van der Waals surface area contributed by atoms with Crippen LogP contribution in [0.2, 0.25) is 0 Å². The van der Waals surface area contributed by atoms with E-state index < -0.39 is 5.91 Å². The molecule has 0 saturated carbocycles. The number of nitrogens with one attached hydrogen (secondary N) is 2. The Morgan fingerprint density at radius 3 is 3.00 bits per heavy atom. The van der Waals surface area contributed by atoms with E-state index in [1.807, 2.05) is 12.1 Å². The van der Waals surface area contributed by atoms with Gasteiger partial charge in [0.25, 0.3) is 5.91 Å². The van der Waals surface area contributed by atoms with Gasteiger partial charge in [-0.3, -0.25) is 10.0 Å². The molecule has 3 rings (SSSR count). The summed E-state index contributed by atoms with van der Waals surface area (Å²) in [4.78, 5) is 17.0. The molecule has 1 amide bonds. The largest absolute Gasteiger partial charge is 0.359 e. The maximum absolute atomic E-state index is 11.0. The van der Waals surface area contributed by atoms with E-state index in [1.54, 1.807) is 22.9 Å². The minimum Gasteiger partial charge on any atom is -0.359 e. The van der Waals surface area contributed by atoms with Crippen LogP contribution in [0.25, 0.3) is 17.3 Å². The van der Waals surface area contributed by atoms with Crippen LogP contribution < -0.4 is 10.8 Å². The van der Waals surface area contributed by atoms with Crippen molar-refractivity contribution in [2.45, 2.75) is 26.3 Å². The van der Waals surface area contributed by atoms with Crippen LogP contribution in [-0.4, -0.2) is 22.1 Å². The number of carbonyl (C=O) groups excluding carboxylic acids is 1. The molecule has 1 aliphatic carbocycles. The molecule has 1 aliphatic rings. The van der Waals surface area contributed by atoms with Gasteiger partial charge in [0, 0.05) is 29.0 Å². The first-order valence-electron chi connectivity index (χ1n) is 7.08. The topological polar surface area (TPSA) is 74.2 Å². The van der Waals surface area contributed by atoms with Crippen molar-refractivity contribution in [3.8, 4) is 11.3 Å². The van der Waals surface area contributed by atoms with Crippen molar-refractivity contribution < 1.29 is 10.0 Å². The molecule has 22 heavy (non-hydrogen) atoms. The lowest BCUT2D eigenvalue weighted by molar-refractivity contribution is -0.124. The number of aromatic nitrogens is 1. The summed E-state index contributed by atoms with van der Waals surface area (Å²) >= 11 is 1.70. The standard InChI is InChI=1S/C16H17N3O2S/c1-9(2)17-16-18-15-12-5-3-10(4-6-14(20)19-21)7-11(12)8-13(15)22-16/h3-7,9,21H,8H2,1-2H3,(H,17,18)(H,19,20)/b6-4+. The number of fused-ring (bicyclic) bond motifs is 3. The van der Waals surface area contributed by atoms with E-state index in [2.05, 4.69) is 30.2 Å². The Morgan fingerprint density at radius 1 is 1.45 bits per heavy atom. The summed E-state index contributed by atoms with van der Waals surface area (Å²) in [6, 6.07) is 6.41. The number of amides is 1. The van der Waals surface area contributed by atoms with Gasteiger partial charge < -0.3 is 5.32 Å². The number of carbonyl (C=O) groups is 1. The fourth-order valence-electron chi connectivity index (χ4n) is 2.47. The van der Waals surface area contributed by atoms with Gasteiger partial charge in [-0.05, 0) is 31.1 Å². The van der Waals surface area contributed by atoms with Crippen LogP contribution in [0.1, 0.15) is 29.9 Å². The van der Waals surface area contributed by atoms with Gasteiger partial charge in [-0.15, -0.1) is 11.3 Å². The first-order chi connectivity index (χ1) is 10.6. The zero-order chi connectivity index (χ0) is 15.7. The second kappa shape index (κ2) is 5.90. The van der Waals surface area contributed by atoms with Crippen LogP contribution in [0.5, 0.6) is 0 Å². The Hall–Kier alpha value is -2.18. The highest BCUT2D eigenvalue weighted by Gasteiger charge is 2.23. The zero-order valence-electron chi connectivity index (χ0n) is 12.4. The van der Waals surface area contributed by atoms with Crippen LogP contribution in [0, 0.1) is 0 Å². The van der Waals surface area contributed by atoms with E-state index >= 15 is 0 Å². The van der Waals surface area contributed by atoms with Gasteiger partial charge in [0.2, 0.25) is 0 Å². The van der Waals surface area contributed by atoms with E-state index in [0.717, 1.165) is 28.4 Å². The average Bonchev–Trinajstić information content (AvgIpc) is 3.00. The van der Waals surface area contributed by atoms with Gasteiger partial charge in [0.05, 0.1) is 5.69 Å². The molecule has 0 fully saturated rings. The Kier molecular flexibility index (Phi) is 3.96. The van der Waals surface area contributed by atoms with E-state index in [0.29, 0.717) is 6.04 Å². The van der Waals surface area contributed by atoms with Crippen molar-refractivity contribution >= 4 is 28.5 Å². The summed E-state index contributed by atoms with van der Waals surface area (Å²) in [6.07, 6.45) is 3.85. The fourth-order valence-corrected chi connectivity index (χ4v) is 3.61. The average molecular weight is 315 g/mol. The highest BCUT2D eigenvalue weighted by atomic mass is 32.1. The van der Waals surface area contributed by atoms with Crippen molar-refractivity contribution in [1.82, 2.24) is 10.5 Å². The molecule has 0 radical (unpaired) electrons. The molecule has 0 aliphatic heterocycles. The number of hydrogen-bond acceptors (Lipinski definition) is 5. The summed E-state index contributed by atoms with van der Waals surface area (Å²) in [5.41, 5.74) is 5.95. The number of rotatable bonds is 4. The second-order valence-corrected chi connectivity index (χ2v) is 6.58. The SMILES string of the molecule is CC(C)Nc1nc2c(s1)Cc1cc(/C=C/C(=O)NO)ccc1-2. The van der Waals surface area contributed by atoms with Crippen LogP contribution in [-0.2, 0) is 11.2 Å². The Balaban J connectivity index is 1.85. The molecule has 5 nitrogen and oxygen atoms in total. The molecule has 0 bridgehead atoms. The molecule has 0 atom stereocenters. The Bertz CT molecular complexity index is 750. The lowest BCUT2D eigenvalue weighted by Gasteiger charge is -2.06. The molecule has 114 valence electrons. The summed E-state index contributed by atoms with van der Waals surface area (Å²) in [5.74, 6) is -0.536. The van der Waals surface area contributed by atoms with E-state index in [-0.39, 0.29) is 0 Å². The van der Waals surface area contributed by atoms with Crippen molar-refractivity contribution in [2.75, 3.05) is 5.32 Å². The van der Waals surface area contributed by atoms with Crippen molar-refractivity contribution in [2.24, 2.45) is 0 Å². The van der Waals surface area contributed by atoms with Gasteiger partial charge in [-0.2, -0.15) is 0 Å². The molecule has 1 aromatic heterocycles. The summed E-state index contributed by atoms with van der Waals surface area (Å²) < 4.78 is 0. The van der Waals surface area contributed by atoms with E-state index in [9.17, 15) is 4.79 Å². The number of benzene rings is 1. The molecule has 2 aromatic rings. The third-order valence-electron chi connectivity index (χ3n) is 3.38. The van der Waals surface area contributed by atoms with Crippen LogP contribution in [0.4, 0.5) is 5.13 Å². The molecular weight excluding hydrogens is 298 g/mol. The lowest BCUT2D eigenvalue weighted by Crippen LogP contribution is -2.14. The third-order valence-corrected chi connectivity index (χ3v) is 4.37. The molecule has 0 spiro atoms. The lowest BCUT2D eigenvalue weighted by atomic mass is 10.1. The van der Waals surface area contributed by atoms with Gasteiger partial charge >= 0.3 is 0 Å². The quantitative estimate of drug-likeness (QED) is 0.393. The maximum atomic E-state index is 11.0. The number of anilines is 1. The number of nitrogens with zero attached hydrogens (tertiary/aromatic N) is 1. The van der Waals surface area contributed by atoms with E-state index in [4.69, 9.17) is 5.21 Å². The minimum atomic E-state index is -0.536. The molecular formula is C16H17N3O2S. The molecule has 6 heteroatoms. The molecule has 1 aromatic carbocycles. The van der Waals surface area contributed by atoms with Gasteiger partial charge in [-0.1, -0.05) is 18.2 Å². The highest BCUT2D eigenvalue weighted by molar-refractivity contribution is 7.16. The highest BCUT2D eigenvalue weighted by Crippen LogP contribution is 2.41. The van der Waals surface area contributed by atoms with Crippen molar-refractivity contribution in [3.63, 3.8) is 0 Å². The third kappa shape index (κ3) is 2.88. The van der Waals surface area contributed by atoms with Gasteiger partial charge in [-0.25, -0.2) is 10.5 Å². The Morgan fingerprint density at radius 2 is 2.27 bits per heavy atom. The molecule has 0 saturated heterocycles. The summed E-state index contributed by atoms with van der Waals surface area (Å²) in [5, 5.41) is 12.8.